The van der Waals surface area contributed by atoms with Crippen LogP contribution < -0.4 is 20.4 Å². The maximum atomic E-state index is 8.93. The molecular formula is C4H2CoFeO9. The summed E-state index contributed by atoms with van der Waals surface area (Å²) in [6.07, 6.45) is 0. The van der Waals surface area contributed by atoms with Crippen LogP contribution in [0.3, 0.4) is 0 Å². The van der Waals surface area contributed by atoms with Gasteiger partial charge in [0.05, 0.1) is 23.9 Å². The van der Waals surface area contributed by atoms with Crippen LogP contribution in [0.15, 0.2) is 0 Å². The van der Waals surface area contributed by atoms with Gasteiger partial charge in [-0.25, -0.2) is 0 Å². The summed E-state index contributed by atoms with van der Waals surface area (Å²) >= 11 is 0. The van der Waals surface area contributed by atoms with E-state index in [2.05, 4.69) is 0 Å². The Morgan fingerprint density at radius 2 is 0.667 bits per heavy atom. The molecule has 0 saturated heterocycles. The summed E-state index contributed by atoms with van der Waals surface area (Å²) in [5.74, 6) is -8.74. The Labute approximate surface area is 103 Å². The molecule has 0 aliphatic heterocycles. The Balaban J connectivity index is -0.0000000370. The SMILES string of the molecule is O.O=C([O-])C(=O)[O-].O=C([O-])C(=O)[O-].[Co+2].[Fe+2]. The Bertz CT molecular complexity index is 178. The second-order valence-electron chi connectivity index (χ2n) is 1.15. The molecule has 0 aromatic heterocycles. The van der Waals surface area contributed by atoms with Crippen LogP contribution in [0.2, 0.25) is 0 Å². The Kier molecular flexibility index (Phi) is 29.9. The third-order valence-corrected chi connectivity index (χ3v) is 0.333. The number of rotatable bonds is 0. The van der Waals surface area contributed by atoms with Gasteiger partial charge in [0, 0.05) is 0 Å². The van der Waals surface area contributed by atoms with Crippen LogP contribution in [0.5, 0.6) is 0 Å². The van der Waals surface area contributed by atoms with Crippen molar-refractivity contribution in [2.24, 2.45) is 0 Å². The van der Waals surface area contributed by atoms with Crippen molar-refractivity contribution in [1.29, 1.82) is 0 Å². The smallest absolute Gasteiger partial charge is 0.543 e. The molecule has 2 N–H and O–H groups in total. The molecule has 0 rings (SSSR count). The van der Waals surface area contributed by atoms with Gasteiger partial charge in [-0.3, -0.25) is 0 Å². The van der Waals surface area contributed by atoms with Gasteiger partial charge in [0.15, 0.2) is 0 Å². The first-order valence-electron chi connectivity index (χ1n) is 2.13. The van der Waals surface area contributed by atoms with Crippen LogP contribution in [0, 0.1) is 0 Å². The Morgan fingerprint density at radius 3 is 0.667 bits per heavy atom. The van der Waals surface area contributed by atoms with Crippen molar-refractivity contribution in [3.05, 3.63) is 0 Å². The minimum absolute atomic E-state index is 0. The van der Waals surface area contributed by atoms with Crippen molar-refractivity contribution < 1.29 is 78.9 Å². The molecule has 15 heavy (non-hydrogen) atoms. The predicted molar refractivity (Wildman–Crippen MR) is 23.6 cm³/mol. The molecule has 0 aromatic rings. The van der Waals surface area contributed by atoms with Crippen LogP contribution in [-0.4, -0.2) is 29.4 Å². The molecule has 11 heteroatoms. The quantitative estimate of drug-likeness (QED) is 0.311. The van der Waals surface area contributed by atoms with Crippen LogP contribution in [0.25, 0.3) is 0 Å². The second-order valence-corrected chi connectivity index (χ2v) is 1.15. The molecular weight excluding hydrogens is 307 g/mol. The van der Waals surface area contributed by atoms with Crippen molar-refractivity contribution in [2.45, 2.75) is 0 Å². The molecule has 0 fully saturated rings. The Hall–Kier alpha value is -1.13. The first-order chi connectivity index (χ1) is 5.29. The summed E-state index contributed by atoms with van der Waals surface area (Å²) in [5, 5.41) is 35.7. The molecule has 0 bridgehead atoms. The maximum Gasteiger partial charge on any atom is 2.00 e. The van der Waals surface area contributed by atoms with E-state index in [1.807, 2.05) is 0 Å². The molecule has 0 atom stereocenters. The number of hydrogen-bond donors (Lipinski definition) is 0. The van der Waals surface area contributed by atoms with Gasteiger partial charge in [-0.15, -0.1) is 0 Å². The van der Waals surface area contributed by atoms with Crippen LogP contribution in [-0.2, 0) is 53.0 Å². The summed E-state index contributed by atoms with van der Waals surface area (Å²) in [6, 6.07) is 0. The van der Waals surface area contributed by atoms with Gasteiger partial charge in [0.2, 0.25) is 0 Å². The number of carboxylic acids is 4. The third kappa shape index (κ3) is 32.2. The van der Waals surface area contributed by atoms with Crippen molar-refractivity contribution >= 4 is 23.9 Å². The third-order valence-electron chi connectivity index (χ3n) is 0.333. The minimum atomic E-state index is -2.19. The molecule has 0 heterocycles. The second kappa shape index (κ2) is 15.3. The number of hydrogen-bond acceptors (Lipinski definition) is 8. The van der Waals surface area contributed by atoms with Gasteiger partial charge >= 0.3 is 33.8 Å². The average Bonchev–Trinajstić information content (AvgIpc) is 1.88. The summed E-state index contributed by atoms with van der Waals surface area (Å²) in [4.78, 5) is 35.7. The first-order valence-corrected chi connectivity index (χ1v) is 2.13. The Morgan fingerprint density at radius 1 is 0.600 bits per heavy atom. The summed E-state index contributed by atoms with van der Waals surface area (Å²) in [7, 11) is 0. The van der Waals surface area contributed by atoms with E-state index in [1.165, 1.54) is 0 Å². The molecule has 0 aliphatic rings. The van der Waals surface area contributed by atoms with E-state index in [-0.39, 0.29) is 39.3 Å². The molecule has 0 aromatic carbocycles. The van der Waals surface area contributed by atoms with E-state index in [0.717, 1.165) is 0 Å². The number of carbonyl (C=O) groups excluding carboxylic acids is 4. The largest absolute Gasteiger partial charge is 2.00 e. The van der Waals surface area contributed by atoms with E-state index < -0.39 is 23.9 Å². The van der Waals surface area contributed by atoms with Crippen LogP contribution >= 0.6 is 0 Å². The van der Waals surface area contributed by atoms with Gasteiger partial charge in [0.1, 0.15) is 0 Å². The minimum Gasteiger partial charge on any atom is -0.543 e. The molecule has 89 valence electrons. The van der Waals surface area contributed by atoms with E-state index >= 15 is 0 Å². The van der Waals surface area contributed by atoms with E-state index in [9.17, 15) is 0 Å². The van der Waals surface area contributed by atoms with Crippen molar-refractivity contribution in [1.82, 2.24) is 0 Å². The van der Waals surface area contributed by atoms with Crippen molar-refractivity contribution in [3.63, 3.8) is 0 Å². The molecule has 0 amide bonds. The predicted octanol–water partition coefficient (Wildman–Crippen LogP) is -7.86. The fourth-order valence-electron chi connectivity index (χ4n) is 0. The average molecular weight is 309 g/mol. The molecule has 9 nitrogen and oxygen atoms in total. The summed E-state index contributed by atoms with van der Waals surface area (Å²) in [6.45, 7) is 0. The zero-order valence-electron chi connectivity index (χ0n) is 6.45. The molecule has 1 radical (unpaired) electrons. The van der Waals surface area contributed by atoms with Crippen molar-refractivity contribution in [3.8, 4) is 0 Å². The van der Waals surface area contributed by atoms with Gasteiger partial charge in [-0.2, -0.15) is 0 Å². The fraction of sp³-hybridized carbons (Fsp3) is 0. The van der Waals surface area contributed by atoms with E-state index in [4.69, 9.17) is 39.6 Å². The zero-order valence-corrected chi connectivity index (χ0v) is 8.60. The van der Waals surface area contributed by atoms with E-state index in [1.54, 1.807) is 0 Å². The van der Waals surface area contributed by atoms with Crippen molar-refractivity contribution in [2.75, 3.05) is 0 Å². The molecule has 0 spiro atoms. The van der Waals surface area contributed by atoms with Crippen LogP contribution in [0.4, 0.5) is 0 Å². The molecule has 0 saturated carbocycles. The van der Waals surface area contributed by atoms with Gasteiger partial charge in [-0.05, 0) is 0 Å². The standard InChI is InChI=1S/2C2H2O4.Co.Fe.H2O/c2*3-1(4)2(5)6;;;/h2*(H,3,4)(H,5,6);;;1H2/q;;2*+2;/p-4. The number of aliphatic carboxylic acids is 4. The summed E-state index contributed by atoms with van der Waals surface area (Å²) in [5.41, 5.74) is 0. The van der Waals surface area contributed by atoms with Gasteiger partial charge < -0.3 is 45.1 Å². The van der Waals surface area contributed by atoms with E-state index in [0.29, 0.717) is 0 Å². The maximum absolute atomic E-state index is 8.93. The topological polar surface area (TPSA) is 192 Å². The normalized spacial score (nSPS) is 5.87. The fourth-order valence-corrected chi connectivity index (χ4v) is 0. The number of carboxylic acid groups (broad SMARTS) is 4. The molecule has 0 unspecified atom stereocenters. The van der Waals surface area contributed by atoms with Gasteiger partial charge in [-0.1, -0.05) is 0 Å². The molecule has 0 aliphatic carbocycles. The monoisotopic (exact) mass is 309 g/mol. The van der Waals surface area contributed by atoms with Crippen LogP contribution in [0.1, 0.15) is 0 Å². The van der Waals surface area contributed by atoms with Gasteiger partial charge in [0.25, 0.3) is 0 Å². The number of carbonyl (C=O) groups is 4. The first kappa shape index (κ1) is 29.2. The summed E-state index contributed by atoms with van der Waals surface area (Å²) < 4.78 is 0. The zero-order chi connectivity index (χ0) is 10.3.